The Morgan fingerprint density at radius 3 is 2.63 bits per heavy atom. The molecule has 1 aliphatic heterocycles. The summed E-state index contributed by atoms with van der Waals surface area (Å²) in [7, 11) is -3.64. The number of nitrogens with zero attached hydrogens (tertiary/aromatic N) is 2. The van der Waals surface area contributed by atoms with Crippen molar-refractivity contribution in [2.45, 2.75) is 17.7 Å². The first kappa shape index (κ1) is 20.5. The molecule has 1 N–H and O–H groups in total. The maximum absolute atomic E-state index is 12.7. The monoisotopic (exact) mass is 445 g/mol. The number of thiazole rings is 1. The molecule has 3 aromatic rings. The molecule has 2 heterocycles. The van der Waals surface area contributed by atoms with Crippen molar-refractivity contribution in [3.8, 4) is 0 Å². The van der Waals surface area contributed by atoms with Gasteiger partial charge in [0.05, 0.1) is 20.7 Å². The number of carbonyl (C=O) groups excluding carboxylic acids is 2. The Balaban J connectivity index is 1.38. The van der Waals surface area contributed by atoms with E-state index in [4.69, 9.17) is 4.74 Å². The molecule has 30 heavy (non-hydrogen) atoms. The third-order valence-corrected chi connectivity index (χ3v) is 7.49. The number of ether oxygens (including phenoxy) is 1. The molecule has 0 radical (unpaired) electrons. The van der Waals surface area contributed by atoms with Gasteiger partial charge >= 0.3 is 5.97 Å². The Labute approximate surface area is 177 Å². The minimum absolute atomic E-state index is 0.0396. The number of nitrogens with one attached hydrogen (secondary N) is 1. The van der Waals surface area contributed by atoms with Gasteiger partial charge in [-0.15, -0.1) is 0 Å². The molecule has 1 aromatic heterocycles. The fourth-order valence-corrected chi connectivity index (χ4v) is 5.60. The summed E-state index contributed by atoms with van der Waals surface area (Å²) in [5, 5.41) is 3.01. The molecule has 0 saturated carbocycles. The van der Waals surface area contributed by atoms with Crippen LogP contribution in [0.2, 0.25) is 0 Å². The van der Waals surface area contributed by atoms with E-state index >= 15 is 0 Å². The topological polar surface area (TPSA) is 106 Å². The largest absolute Gasteiger partial charge is 0.452 e. The summed E-state index contributed by atoms with van der Waals surface area (Å²) in [6.07, 6.45) is 1.65. The molecular formula is C20H19N3O5S2. The van der Waals surface area contributed by atoms with Crippen molar-refractivity contribution in [1.29, 1.82) is 0 Å². The number of anilines is 1. The second kappa shape index (κ2) is 8.50. The number of para-hydroxylation sites is 1. The first-order valence-electron chi connectivity index (χ1n) is 9.36. The highest BCUT2D eigenvalue weighted by atomic mass is 32.2. The van der Waals surface area contributed by atoms with E-state index in [0.717, 1.165) is 23.1 Å². The molecule has 8 nitrogen and oxygen atoms in total. The van der Waals surface area contributed by atoms with Crippen LogP contribution in [-0.4, -0.2) is 49.3 Å². The van der Waals surface area contributed by atoms with Crippen LogP contribution >= 0.6 is 11.3 Å². The van der Waals surface area contributed by atoms with Crippen molar-refractivity contribution in [1.82, 2.24) is 9.29 Å². The minimum atomic E-state index is -3.64. The molecule has 2 aromatic carbocycles. The molecule has 0 spiro atoms. The number of rotatable bonds is 6. The number of sulfonamides is 1. The lowest BCUT2D eigenvalue weighted by atomic mass is 10.2. The number of carbonyl (C=O) groups is 2. The van der Waals surface area contributed by atoms with Gasteiger partial charge in [-0.3, -0.25) is 10.1 Å². The number of esters is 1. The third-order valence-electron chi connectivity index (χ3n) is 4.65. The minimum Gasteiger partial charge on any atom is -0.452 e. The summed E-state index contributed by atoms with van der Waals surface area (Å²) < 4.78 is 32.7. The molecule has 1 saturated heterocycles. The van der Waals surface area contributed by atoms with Crippen LogP contribution < -0.4 is 5.32 Å². The molecule has 4 rings (SSSR count). The van der Waals surface area contributed by atoms with Crippen LogP contribution in [0, 0.1) is 0 Å². The van der Waals surface area contributed by atoms with Crippen LogP contribution in [0.3, 0.4) is 0 Å². The summed E-state index contributed by atoms with van der Waals surface area (Å²) in [5.41, 5.74) is 0.842. The van der Waals surface area contributed by atoms with Gasteiger partial charge in [0.1, 0.15) is 0 Å². The van der Waals surface area contributed by atoms with Gasteiger partial charge in [0.2, 0.25) is 10.0 Å². The van der Waals surface area contributed by atoms with Crippen molar-refractivity contribution in [3.63, 3.8) is 0 Å². The fourth-order valence-electron chi connectivity index (χ4n) is 3.16. The number of benzene rings is 2. The van der Waals surface area contributed by atoms with E-state index in [0.29, 0.717) is 18.2 Å². The molecule has 156 valence electrons. The number of hydrogen-bond acceptors (Lipinski definition) is 7. The van der Waals surface area contributed by atoms with Crippen molar-refractivity contribution >= 4 is 48.6 Å². The Bertz CT molecular complexity index is 1170. The summed E-state index contributed by atoms with van der Waals surface area (Å²) in [5.74, 6) is -1.30. The highest BCUT2D eigenvalue weighted by Gasteiger charge is 2.27. The van der Waals surface area contributed by atoms with Crippen LogP contribution in [0.15, 0.2) is 53.4 Å². The van der Waals surface area contributed by atoms with Gasteiger partial charge < -0.3 is 4.74 Å². The molecule has 0 bridgehead atoms. The van der Waals surface area contributed by atoms with E-state index in [1.54, 1.807) is 0 Å². The molecule has 0 aliphatic carbocycles. The van der Waals surface area contributed by atoms with E-state index in [-0.39, 0.29) is 10.5 Å². The summed E-state index contributed by atoms with van der Waals surface area (Å²) in [6, 6.07) is 13.1. The van der Waals surface area contributed by atoms with Crippen molar-refractivity contribution in [2.75, 3.05) is 25.0 Å². The van der Waals surface area contributed by atoms with Crippen molar-refractivity contribution in [2.24, 2.45) is 0 Å². The van der Waals surface area contributed by atoms with Crippen LogP contribution in [-0.2, 0) is 19.6 Å². The van der Waals surface area contributed by atoms with E-state index in [2.05, 4.69) is 10.3 Å². The molecule has 1 aliphatic rings. The summed E-state index contributed by atoms with van der Waals surface area (Å²) in [4.78, 5) is 28.7. The van der Waals surface area contributed by atoms with Gasteiger partial charge in [-0.2, -0.15) is 4.31 Å². The average molecular weight is 446 g/mol. The lowest BCUT2D eigenvalue weighted by Crippen LogP contribution is -2.28. The van der Waals surface area contributed by atoms with E-state index in [1.165, 1.54) is 39.9 Å². The van der Waals surface area contributed by atoms with Gasteiger partial charge in [-0.05, 0) is 43.2 Å². The highest BCUT2D eigenvalue weighted by molar-refractivity contribution is 7.89. The zero-order valence-corrected chi connectivity index (χ0v) is 17.5. The number of fused-ring (bicyclic) bond motifs is 1. The quantitative estimate of drug-likeness (QED) is 0.585. The van der Waals surface area contributed by atoms with Crippen LogP contribution in [0.4, 0.5) is 5.13 Å². The van der Waals surface area contributed by atoms with E-state index in [1.807, 2.05) is 24.3 Å². The highest BCUT2D eigenvalue weighted by Crippen LogP contribution is 2.25. The van der Waals surface area contributed by atoms with Gasteiger partial charge in [0.15, 0.2) is 11.7 Å². The fraction of sp³-hybridized carbons (Fsp3) is 0.250. The van der Waals surface area contributed by atoms with Crippen LogP contribution in [0.5, 0.6) is 0 Å². The van der Waals surface area contributed by atoms with E-state index < -0.39 is 28.5 Å². The number of hydrogen-bond donors (Lipinski definition) is 1. The van der Waals surface area contributed by atoms with Gasteiger partial charge in [-0.1, -0.05) is 29.5 Å². The Kier molecular flexibility index (Phi) is 5.80. The standard InChI is InChI=1S/C20H19N3O5S2/c24-18(22-20-21-16-8-1-2-9-17(16)29-20)13-28-19(25)14-6-5-7-15(12-14)30(26,27)23-10-3-4-11-23/h1-2,5-9,12H,3-4,10-11,13H2,(H,21,22,24). The zero-order chi connectivity index (χ0) is 21.1. The normalized spacial score (nSPS) is 14.7. The maximum atomic E-state index is 12.7. The predicted molar refractivity (Wildman–Crippen MR) is 113 cm³/mol. The zero-order valence-electron chi connectivity index (χ0n) is 15.9. The van der Waals surface area contributed by atoms with Crippen LogP contribution in [0.1, 0.15) is 23.2 Å². The molecule has 1 fully saturated rings. The lowest BCUT2D eigenvalue weighted by Gasteiger charge is -2.15. The average Bonchev–Trinajstić information content (AvgIpc) is 3.42. The second-order valence-corrected chi connectivity index (χ2v) is 9.72. The molecule has 1 amide bonds. The predicted octanol–water partition coefficient (Wildman–Crippen LogP) is 2.88. The summed E-state index contributed by atoms with van der Waals surface area (Å²) >= 11 is 1.32. The SMILES string of the molecule is O=C(COC(=O)c1cccc(S(=O)(=O)N2CCCC2)c1)Nc1nc2ccccc2s1. The molecule has 10 heteroatoms. The van der Waals surface area contributed by atoms with Gasteiger partial charge in [-0.25, -0.2) is 18.2 Å². The number of aromatic nitrogens is 1. The van der Waals surface area contributed by atoms with Gasteiger partial charge in [0, 0.05) is 13.1 Å². The maximum Gasteiger partial charge on any atom is 0.338 e. The Morgan fingerprint density at radius 2 is 1.87 bits per heavy atom. The third kappa shape index (κ3) is 4.35. The van der Waals surface area contributed by atoms with Crippen molar-refractivity contribution in [3.05, 3.63) is 54.1 Å². The Hall–Kier alpha value is -2.82. The molecule has 0 unspecified atom stereocenters. The lowest BCUT2D eigenvalue weighted by molar-refractivity contribution is -0.119. The second-order valence-electron chi connectivity index (χ2n) is 6.75. The molecule has 0 atom stereocenters. The first-order chi connectivity index (χ1) is 14.4. The smallest absolute Gasteiger partial charge is 0.338 e. The van der Waals surface area contributed by atoms with E-state index in [9.17, 15) is 18.0 Å². The number of amides is 1. The van der Waals surface area contributed by atoms with Crippen LogP contribution in [0.25, 0.3) is 10.2 Å². The molecular weight excluding hydrogens is 426 g/mol. The van der Waals surface area contributed by atoms with Gasteiger partial charge in [0.25, 0.3) is 5.91 Å². The summed E-state index contributed by atoms with van der Waals surface area (Å²) in [6.45, 7) is 0.448. The van der Waals surface area contributed by atoms with Crippen molar-refractivity contribution < 1.29 is 22.7 Å². The Morgan fingerprint density at radius 1 is 1.10 bits per heavy atom. The first-order valence-corrected chi connectivity index (χ1v) is 11.6.